The van der Waals surface area contributed by atoms with Crippen LogP contribution in [0, 0.1) is 11.8 Å². The van der Waals surface area contributed by atoms with Crippen LogP contribution >= 0.6 is 0 Å². The van der Waals surface area contributed by atoms with E-state index in [0.29, 0.717) is 23.2 Å². The van der Waals surface area contributed by atoms with Gasteiger partial charge in [0, 0.05) is 23.6 Å². The molecule has 0 aliphatic heterocycles. The Morgan fingerprint density at radius 3 is 1.39 bits per heavy atom. The quantitative estimate of drug-likeness (QED) is 0.285. The molecule has 0 spiro atoms. The van der Waals surface area contributed by atoms with Crippen molar-refractivity contribution >= 4 is 23.8 Å². The van der Waals surface area contributed by atoms with Gasteiger partial charge in [-0.05, 0) is 84.0 Å². The fraction of sp³-hybridized carbons (Fsp3) is 0.375. The van der Waals surface area contributed by atoms with Crippen LogP contribution in [-0.4, -0.2) is 22.6 Å². The van der Waals surface area contributed by atoms with E-state index in [4.69, 9.17) is 9.98 Å². The summed E-state index contributed by atoms with van der Waals surface area (Å²) in [7, 11) is 0. The molecule has 4 heteroatoms. The van der Waals surface area contributed by atoms with E-state index in [-0.39, 0.29) is 11.5 Å². The number of phenolic OH excluding ortho intramolecular Hbond substituents is 2. The maximum absolute atomic E-state index is 10.8. The molecule has 0 heterocycles. The Morgan fingerprint density at radius 2 is 1.06 bits per heavy atom. The zero-order valence-corrected chi connectivity index (χ0v) is 22.5. The average Bonchev–Trinajstić information content (AvgIpc) is 2.84. The van der Waals surface area contributed by atoms with Gasteiger partial charge in [-0.3, -0.25) is 9.98 Å². The zero-order chi connectivity index (χ0) is 26.2. The molecule has 0 atom stereocenters. The van der Waals surface area contributed by atoms with Gasteiger partial charge >= 0.3 is 0 Å². The van der Waals surface area contributed by atoms with Crippen LogP contribution in [0.1, 0.15) is 74.9 Å². The maximum atomic E-state index is 10.8. The zero-order valence-electron chi connectivity index (χ0n) is 22.5. The van der Waals surface area contributed by atoms with Gasteiger partial charge in [-0.1, -0.05) is 65.8 Å². The van der Waals surface area contributed by atoms with E-state index in [2.05, 4.69) is 53.7 Å². The number of hydrogen-bond acceptors (Lipinski definition) is 4. The Labute approximate surface area is 216 Å². The monoisotopic (exact) mass is 484 g/mol. The maximum Gasteiger partial charge on any atom is 0.127 e. The Bertz CT molecular complexity index is 1140. The van der Waals surface area contributed by atoms with Gasteiger partial charge in [0.15, 0.2) is 0 Å². The highest BCUT2D eigenvalue weighted by atomic mass is 16.3. The van der Waals surface area contributed by atoms with Gasteiger partial charge in [-0.15, -0.1) is 0 Å². The van der Waals surface area contributed by atoms with Gasteiger partial charge in [-0.2, -0.15) is 0 Å². The van der Waals surface area contributed by atoms with Crippen molar-refractivity contribution in [1.82, 2.24) is 0 Å². The fourth-order valence-corrected chi connectivity index (χ4v) is 4.45. The number of para-hydroxylation sites is 2. The first-order valence-corrected chi connectivity index (χ1v) is 13.1. The number of phenols is 2. The summed E-state index contributed by atoms with van der Waals surface area (Å²) in [5.41, 5.74) is 7.12. The van der Waals surface area contributed by atoms with E-state index in [9.17, 15) is 10.2 Å². The lowest BCUT2D eigenvalue weighted by Crippen LogP contribution is -1.98. The van der Waals surface area contributed by atoms with Crippen molar-refractivity contribution in [2.24, 2.45) is 21.8 Å². The smallest absolute Gasteiger partial charge is 0.127 e. The third-order valence-electron chi connectivity index (χ3n) is 6.17. The highest BCUT2D eigenvalue weighted by molar-refractivity contribution is 5.90. The van der Waals surface area contributed by atoms with E-state index < -0.39 is 0 Å². The van der Waals surface area contributed by atoms with Crippen LogP contribution in [0.15, 0.2) is 58.5 Å². The molecule has 3 rings (SSSR count). The molecule has 4 nitrogen and oxygen atoms in total. The molecule has 0 aliphatic carbocycles. The van der Waals surface area contributed by atoms with Crippen molar-refractivity contribution in [2.45, 2.75) is 67.2 Å². The molecule has 0 aliphatic rings. The standard InChI is InChI=1S/C32H40N2O2/c1-7-25-15-23(13-21(3)4)17-27(31(25)35)19-33-29-11-9-10-12-30(29)34-20-28-18-24(14-22(5)6)16-26(8-2)32(28)36/h9-12,15-22,35-36H,7-8,13-14H2,1-6H3. The molecule has 2 N–H and O–H groups in total. The molecule has 0 saturated heterocycles. The van der Waals surface area contributed by atoms with Crippen LogP contribution in [0.2, 0.25) is 0 Å². The van der Waals surface area contributed by atoms with Gasteiger partial charge in [0.05, 0.1) is 11.4 Å². The number of nitrogens with zero attached hydrogens (tertiary/aromatic N) is 2. The van der Waals surface area contributed by atoms with E-state index in [1.54, 1.807) is 12.4 Å². The summed E-state index contributed by atoms with van der Waals surface area (Å²) >= 11 is 0. The topological polar surface area (TPSA) is 65.2 Å². The van der Waals surface area contributed by atoms with Crippen molar-refractivity contribution in [1.29, 1.82) is 0 Å². The van der Waals surface area contributed by atoms with E-state index in [1.165, 1.54) is 11.1 Å². The molecule has 0 aromatic heterocycles. The largest absolute Gasteiger partial charge is 0.507 e. The number of aromatic hydroxyl groups is 2. The first-order chi connectivity index (χ1) is 17.2. The third-order valence-corrected chi connectivity index (χ3v) is 6.17. The van der Waals surface area contributed by atoms with Crippen LogP contribution in [-0.2, 0) is 25.7 Å². The Balaban J connectivity index is 1.96. The predicted octanol–water partition coefficient (Wildman–Crippen LogP) is 8.12. The highest BCUT2D eigenvalue weighted by Gasteiger charge is 2.11. The average molecular weight is 485 g/mol. The van der Waals surface area contributed by atoms with Crippen LogP contribution in [0.4, 0.5) is 11.4 Å². The van der Waals surface area contributed by atoms with Crippen LogP contribution in [0.3, 0.4) is 0 Å². The first kappa shape index (κ1) is 27.2. The third kappa shape index (κ3) is 7.07. The summed E-state index contributed by atoms with van der Waals surface area (Å²) in [5, 5.41) is 21.5. The lowest BCUT2D eigenvalue weighted by molar-refractivity contribution is 0.467. The van der Waals surface area contributed by atoms with Gasteiger partial charge < -0.3 is 10.2 Å². The lowest BCUT2D eigenvalue weighted by atomic mass is 9.96. The van der Waals surface area contributed by atoms with Crippen molar-refractivity contribution in [3.8, 4) is 11.5 Å². The summed E-state index contributed by atoms with van der Waals surface area (Å²) in [4.78, 5) is 9.39. The molecule has 0 amide bonds. The second kappa shape index (κ2) is 12.5. The molecule has 190 valence electrons. The molecule has 0 unspecified atom stereocenters. The van der Waals surface area contributed by atoms with Crippen LogP contribution < -0.4 is 0 Å². The summed E-state index contributed by atoms with van der Waals surface area (Å²) in [6.45, 7) is 12.9. The minimum atomic E-state index is 0.286. The van der Waals surface area contributed by atoms with Crippen molar-refractivity contribution in [3.05, 3.63) is 81.9 Å². The van der Waals surface area contributed by atoms with E-state index in [0.717, 1.165) is 47.9 Å². The Morgan fingerprint density at radius 1 is 0.667 bits per heavy atom. The second-order valence-electron chi connectivity index (χ2n) is 10.3. The Hall–Kier alpha value is -3.40. The van der Waals surface area contributed by atoms with Crippen molar-refractivity contribution in [3.63, 3.8) is 0 Å². The number of hydrogen-bond donors (Lipinski definition) is 2. The SMILES string of the molecule is CCc1cc(CC(C)C)cc(C=Nc2ccccc2N=Cc2cc(CC(C)C)cc(CC)c2O)c1O. The summed E-state index contributed by atoms with van der Waals surface area (Å²) in [6.07, 6.45) is 6.88. The number of aryl methyl sites for hydroxylation is 2. The highest BCUT2D eigenvalue weighted by Crippen LogP contribution is 2.31. The lowest BCUT2D eigenvalue weighted by Gasteiger charge is -2.12. The summed E-state index contributed by atoms with van der Waals surface area (Å²) < 4.78 is 0. The molecular weight excluding hydrogens is 444 g/mol. The van der Waals surface area contributed by atoms with Crippen molar-refractivity contribution in [2.75, 3.05) is 0 Å². The van der Waals surface area contributed by atoms with Crippen molar-refractivity contribution < 1.29 is 10.2 Å². The summed E-state index contributed by atoms with van der Waals surface area (Å²) in [5.74, 6) is 1.63. The van der Waals surface area contributed by atoms with E-state index in [1.807, 2.05) is 36.4 Å². The minimum absolute atomic E-state index is 0.286. The molecule has 3 aromatic rings. The number of benzene rings is 3. The second-order valence-corrected chi connectivity index (χ2v) is 10.3. The van der Waals surface area contributed by atoms with Gasteiger partial charge in [0.1, 0.15) is 11.5 Å². The first-order valence-electron chi connectivity index (χ1n) is 13.1. The summed E-state index contributed by atoms with van der Waals surface area (Å²) in [6, 6.07) is 15.9. The minimum Gasteiger partial charge on any atom is -0.507 e. The fourth-order valence-electron chi connectivity index (χ4n) is 4.45. The number of aliphatic imine (C=N–C) groups is 2. The normalized spacial score (nSPS) is 12.0. The van der Waals surface area contributed by atoms with Gasteiger partial charge in [0.2, 0.25) is 0 Å². The van der Waals surface area contributed by atoms with Gasteiger partial charge in [-0.25, -0.2) is 0 Å². The molecular formula is C32H40N2O2. The molecule has 0 saturated carbocycles. The molecule has 36 heavy (non-hydrogen) atoms. The Kier molecular flexibility index (Phi) is 9.46. The molecule has 0 bridgehead atoms. The van der Waals surface area contributed by atoms with Crippen LogP contribution in [0.5, 0.6) is 11.5 Å². The van der Waals surface area contributed by atoms with E-state index >= 15 is 0 Å². The molecule has 0 fully saturated rings. The number of rotatable bonds is 10. The predicted molar refractivity (Wildman–Crippen MR) is 153 cm³/mol. The van der Waals surface area contributed by atoms with Crippen LogP contribution in [0.25, 0.3) is 0 Å². The molecule has 0 radical (unpaired) electrons. The van der Waals surface area contributed by atoms with Gasteiger partial charge in [0.25, 0.3) is 0 Å². The molecule has 3 aromatic carbocycles.